The van der Waals surface area contributed by atoms with E-state index in [-0.39, 0.29) is 0 Å². The number of para-hydroxylation sites is 4. The lowest BCUT2D eigenvalue weighted by molar-refractivity contribution is 0.651. The SMILES string of the molecule is c1ccc(-c2ccc(-c3nc(-n4c5ccc6ccccc6c5c5cc6c7cc(-c8ccc9c(c8)oc8nc(-n%10c%11ccc%12ccccc%12c%11c%11cc%12c%13ccccc%13n%13c%14ccccc%14c(c%11%10)c%12%13)nc(-c%10ccccc%10)c89)ccc7n7c8ccccc8c(c54)c67)nc4oc5ccccc5c34)cc2)cc1. The highest BCUT2D eigenvalue weighted by Crippen LogP contribution is 2.52. The molecule has 104 heavy (non-hydrogen) atoms. The predicted octanol–water partition coefficient (Wildman–Crippen LogP) is 24.5. The molecule has 0 aliphatic carbocycles. The lowest BCUT2D eigenvalue weighted by Crippen LogP contribution is -2.03. The second kappa shape index (κ2) is 19.8. The number of benzene rings is 15. The minimum atomic E-state index is 0.517. The molecule has 0 saturated carbocycles. The fourth-order valence-corrected chi connectivity index (χ4v) is 18.3. The van der Waals surface area contributed by atoms with Gasteiger partial charge in [0.05, 0.1) is 77.3 Å². The van der Waals surface area contributed by atoms with Crippen LogP contribution in [-0.4, -0.2) is 37.9 Å². The third-order valence-corrected chi connectivity index (χ3v) is 22.7. The molecule has 0 N–H and O–H groups in total. The van der Waals surface area contributed by atoms with E-state index in [1.165, 1.54) is 43.4 Å². The van der Waals surface area contributed by atoms with E-state index in [1.54, 1.807) is 0 Å². The van der Waals surface area contributed by atoms with Crippen LogP contribution in [0.25, 0.3) is 242 Å². The van der Waals surface area contributed by atoms with Crippen LogP contribution in [0.4, 0.5) is 0 Å². The van der Waals surface area contributed by atoms with Crippen molar-refractivity contribution < 1.29 is 8.83 Å². The van der Waals surface area contributed by atoms with Crippen LogP contribution in [0, 0.1) is 0 Å². The van der Waals surface area contributed by atoms with Crippen molar-refractivity contribution in [2.45, 2.75) is 0 Å². The number of aromatic nitrogens is 8. The Kier molecular flexibility index (Phi) is 10.4. The van der Waals surface area contributed by atoms with Crippen LogP contribution in [0.3, 0.4) is 0 Å². The van der Waals surface area contributed by atoms with Crippen molar-refractivity contribution in [1.82, 2.24) is 37.9 Å². The van der Waals surface area contributed by atoms with Gasteiger partial charge in [0.25, 0.3) is 0 Å². The largest absolute Gasteiger partial charge is 0.437 e. The van der Waals surface area contributed by atoms with Crippen molar-refractivity contribution >= 4 is 185 Å². The molecule has 15 aromatic carbocycles. The monoisotopic (exact) mass is 1320 g/mol. The van der Waals surface area contributed by atoms with E-state index in [4.69, 9.17) is 28.8 Å². The summed E-state index contributed by atoms with van der Waals surface area (Å²) in [5.41, 5.74) is 21.5. The van der Waals surface area contributed by atoms with E-state index in [0.717, 1.165) is 175 Å². The zero-order valence-electron chi connectivity index (χ0n) is 55.3. The van der Waals surface area contributed by atoms with Crippen LogP contribution in [0.5, 0.6) is 0 Å². The van der Waals surface area contributed by atoms with Crippen LogP contribution in [-0.2, 0) is 0 Å². The first-order chi connectivity index (χ1) is 51.6. The lowest BCUT2D eigenvalue weighted by atomic mass is 9.98. The summed E-state index contributed by atoms with van der Waals surface area (Å²) in [7, 11) is 0. The number of nitrogens with zero attached hydrogens (tertiary/aromatic N) is 8. The van der Waals surface area contributed by atoms with Crippen LogP contribution in [0.1, 0.15) is 0 Å². The molecular weight excluding hydrogens is 1270 g/mol. The Morgan fingerprint density at radius 1 is 0.212 bits per heavy atom. The van der Waals surface area contributed by atoms with Gasteiger partial charge in [-0.2, -0.15) is 9.97 Å². The minimum Gasteiger partial charge on any atom is -0.437 e. The highest BCUT2D eigenvalue weighted by atomic mass is 16.3. The fraction of sp³-hybridized carbons (Fsp3) is 0. The molecule has 25 aromatic rings. The van der Waals surface area contributed by atoms with Gasteiger partial charge in [0, 0.05) is 86.5 Å². The van der Waals surface area contributed by atoms with Crippen molar-refractivity contribution in [3.63, 3.8) is 0 Å². The molecule has 25 rings (SSSR count). The maximum Gasteiger partial charge on any atom is 0.238 e. The second-order valence-corrected chi connectivity index (χ2v) is 27.9. The van der Waals surface area contributed by atoms with E-state index in [2.05, 4.69) is 309 Å². The van der Waals surface area contributed by atoms with Crippen molar-refractivity contribution in [2.75, 3.05) is 0 Å². The van der Waals surface area contributed by atoms with Crippen LogP contribution < -0.4 is 0 Å². The lowest BCUT2D eigenvalue weighted by Gasteiger charge is -2.11. The van der Waals surface area contributed by atoms with Gasteiger partial charge in [0.2, 0.25) is 23.3 Å². The van der Waals surface area contributed by atoms with E-state index >= 15 is 0 Å². The van der Waals surface area contributed by atoms with Gasteiger partial charge in [0.1, 0.15) is 11.2 Å². The van der Waals surface area contributed by atoms with Crippen LogP contribution >= 0.6 is 0 Å². The number of furan rings is 2. The maximum atomic E-state index is 7.23. The van der Waals surface area contributed by atoms with Crippen LogP contribution in [0.2, 0.25) is 0 Å². The number of hydrogen-bond acceptors (Lipinski definition) is 6. The van der Waals surface area contributed by atoms with Crippen molar-refractivity contribution in [3.05, 3.63) is 303 Å². The van der Waals surface area contributed by atoms with E-state index < -0.39 is 0 Å². The summed E-state index contributed by atoms with van der Waals surface area (Å²) < 4.78 is 23.6. The standard InChI is InChI=1S/C94H50N8O2/c1-3-19-51(20-4-1)52-35-37-56(38-36-52)86-81-64-30-14-18-34-77(64)103-91(81)97-94(96-86)102-76-46-41-54-22-8-10-26-60(54)80(76)70-50-68-66-47-57(42-44-74(66)100-73-33-17-13-29-63(73)84(88(68)100)90(70)102)58-39-43-65-78(48-58)104-92-82(65)85(55-23-5-2-6-24-55)95-93(98-92)101-75-45-40-53-21-7-9-25-59(53)79(75)69-49-67-61-27-11-15-31-71(61)99-72-32-16-12-28-62(72)83(87(67)99)89(69)101/h1-50H. The third-order valence-electron chi connectivity index (χ3n) is 22.7. The quantitative estimate of drug-likeness (QED) is 0.165. The van der Waals surface area contributed by atoms with Gasteiger partial charge in [-0.25, -0.2) is 9.97 Å². The van der Waals surface area contributed by atoms with Crippen LogP contribution in [0.15, 0.2) is 312 Å². The van der Waals surface area contributed by atoms with Crippen molar-refractivity contribution in [1.29, 1.82) is 0 Å². The first-order valence-corrected chi connectivity index (χ1v) is 35.3. The smallest absolute Gasteiger partial charge is 0.238 e. The Morgan fingerprint density at radius 2 is 0.615 bits per heavy atom. The Labute approximate surface area is 588 Å². The first kappa shape index (κ1) is 54.7. The molecule has 0 bridgehead atoms. The molecule has 0 spiro atoms. The zero-order valence-corrected chi connectivity index (χ0v) is 55.3. The van der Waals surface area contributed by atoms with Gasteiger partial charge in [-0.15, -0.1) is 0 Å². The molecule has 0 unspecified atom stereocenters. The van der Waals surface area contributed by atoms with Gasteiger partial charge in [-0.1, -0.05) is 231 Å². The van der Waals surface area contributed by atoms with Crippen molar-refractivity contribution in [2.24, 2.45) is 0 Å². The molecule has 10 heteroatoms. The molecule has 10 heterocycles. The summed E-state index contributed by atoms with van der Waals surface area (Å²) >= 11 is 0. The molecule has 0 amide bonds. The summed E-state index contributed by atoms with van der Waals surface area (Å²) in [5.74, 6) is 1.07. The molecule has 10 nitrogen and oxygen atoms in total. The summed E-state index contributed by atoms with van der Waals surface area (Å²) in [6.07, 6.45) is 0. The molecule has 0 radical (unpaired) electrons. The predicted molar refractivity (Wildman–Crippen MR) is 427 cm³/mol. The number of hydrogen-bond donors (Lipinski definition) is 0. The van der Waals surface area contributed by atoms with Gasteiger partial charge in [0.15, 0.2) is 0 Å². The van der Waals surface area contributed by atoms with E-state index in [9.17, 15) is 0 Å². The molecule has 0 saturated heterocycles. The van der Waals surface area contributed by atoms with Gasteiger partial charge in [-0.05, 0) is 117 Å². The molecule has 10 aromatic heterocycles. The molecule has 0 fully saturated rings. The topological polar surface area (TPSA) is 96.5 Å². The Balaban J connectivity index is 0.714. The summed E-state index contributed by atoms with van der Waals surface area (Å²) in [6, 6.07) is 109. The van der Waals surface area contributed by atoms with Gasteiger partial charge in [-0.3, -0.25) is 9.13 Å². The molecule has 478 valence electrons. The third kappa shape index (κ3) is 7.07. The highest BCUT2D eigenvalue weighted by molar-refractivity contribution is 6.38. The van der Waals surface area contributed by atoms with E-state index in [0.29, 0.717) is 23.3 Å². The summed E-state index contributed by atoms with van der Waals surface area (Å²) in [4.78, 5) is 22.6. The molecule has 0 atom stereocenters. The summed E-state index contributed by atoms with van der Waals surface area (Å²) in [6.45, 7) is 0. The first-order valence-electron chi connectivity index (χ1n) is 35.3. The van der Waals surface area contributed by atoms with Gasteiger partial charge < -0.3 is 17.6 Å². The Morgan fingerprint density at radius 3 is 1.21 bits per heavy atom. The zero-order chi connectivity index (χ0) is 67.3. The summed E-state index contributed by atoms with van der Waals surface area (Å²) in [5, 5.41) is 22.2. The maximum absolute atomic E-state index is 7.23. The number of fused-ring (bicyclic) bond motifs is 30. The van der Waals surface area contributed by atoms with Gasteiger partial charge >= 0.3 is 0 Å². The average Bonchev–Trinajstić information content (AvgIpc) is 1.52. The van der Waals surface area contributed by atoms with E-state index in [1.807, 2.05) is 12.1 Å². The average molecular weight is 1320 g/mol. The minimum absolute atomic E-state index is 0.517. The molecular formula is C94H50N8O2. The Hall–Kier alpha value is -14.2. The highest BCUT2D eigenvalue weighted by Gasteiger charge is 2.31. The molecule has 0 aliphatic rings. The number of rotatable bonds is 6. The fourth-order valence-electron chi connectivity index (χ4n) is 18.3. The second-order valence-electron chi connectivity index (χ2n) is 27.9. The Bertz CT molecular complexity index is 8090. The molecule has 0 aliphatic heterocycles. The van der Waals surface area contributed by atoms with Crippen molar-refractivity contribution in [3.8, 4) is 56.7 Å². The normalized spacial score (nSPS) is 12.6.